The van der Waals surface area contributed by atoms with Gasteiger partial charge < -0.3 is 15.4 Å². The zero-order valence-corrected chi connectivity index (χ0v) is 16.4. The first-order valence-electron chi connectivity index (χ1n) is 8.61. The van der Waals surface area contributed by atoms with Crippen molar-refractivity contribution in [3.63, 3.8) is 0 Å². The fraction of sp³-hybridized carbons (Fsp3) is 0.444. The number of imide groups is 1. The Balaban J connectivity index is 1.78. The Hall–Kier alpha value is -2.68. The van der Waals surface area contributed by atoms with E-state index in [2.05, 4.69) is 10.6 Å². The molecule has 0 saturated carbocycles. The van der Waals surface area contributed by atoms with Crippen LogP contribution < -0.4 is 10.6 Å². The summed E-state index contributed by atoms with van der Waals surface area (Å²) in [6.07, 6.45) is -0.984. The number of carbonyl (C=O) groups excluding carboxylic acids is 4. The second kappa shape index (κ2) is 8.55. The molecule has 2 N–H and O–H groups in total. The SMILES string of the molecule is C[C@@H](OC(=O)CCCN1C(=O)NC(C)(C)C1=O)C(=O)Nc1ccc(F)cc1Cl. The predicted molar refractivity (Wildman–Crippen MR) is 99.2 cm³/mol. The summed E-state index contributed by atoms with van der Waals surface area (Å²) in [5.74, 6) is -2.19. The summed E-state index contributed by atoms with van der Waals surface area (Å²) in [5, 5.41) is 5.00. The van der Waals surface area contributed by atoms with Crippen LogP contribution in [0.3, 0.4) is 0 Å². The van der Waals surface area contributed by atoms with Gasteiger partial charge in [-0.3, -0.25) is 19.3 Å². The maximum Gasteiger partial charge on any atom is 0.325 e. The van der Waals surface area contributed by atoms with Gasteiger partial charge in [-0.2, -0.15) is 0 Å². The lowest BCUT2D eigenvalue weighted by Gasteiger charge is -2.16. The number of nitrogens with one attached hydrogen (secondary N) is 2. The Morgan fingerprint density at radius 1 is 1.36 bits per heavy atom. The molecular weight excluding hydrogens is 393 g/mol. The molecule has 0 unspecified atom stereocenters. The average molecular weight is 414 g/mol. The molecule has 1 aromatic carbocycles. The van der Waals surface area contributed by atoms with Gasteiger partial charge in [-0.05, 0) is 45.4 Å². The van der Waals surface area contributed by atoms with Crippen molar-refractivity contribution in [3.05, 3.63) is 29.0 Å². The van der Waals surface area contributed by atoms with Gasteiger partial charge in [-0.15, -0.1) is 0 Å². The Morgan fingerprint density at radius 3 is 2.61 bits per heavy atom. The van der Waals surface area contributed by atoms with E-state index in [0.29, 0.717) is 0 Å². The van der Waals surface area contributed by atoms with Gasteiger partial charge in [0.15, 0.2) is 6.10 Å². The zero-order valence-electron chi connectivity index (χ0n) is 15.7. The molecule has 152 valence electrons. The molecule has 0 aromatic heterocycles. The highest BCUT2D eigenvalue weighted by molar-refractivity contribution is 6.33. The van der Waals surface area contributed by atoms with Gasteiger partial charge in [0.2, 0.25) is 0 Å². The first-order chi connectivity index (χ1) is 13.0. The lowest BCUT2D eigenvalue weighted by molar-refractivity contribution is -0.153. The molecule has 1 fully saturated rings. The summed E-state index contributed by atoms with van der Waals surface area (Å²) in [6.45, 7) is 4.63. The lowest BCUT2D eigenvalue weighted by Crippen LogP contribution is -2.40. The van der Waals surface area contributed by atoms with Crippen LogP contribution in [0.1, 0.15) is 33.6 Å². The van der Waals surface area contributed by atoms with E-state index in [4.69, 9.17) is 16.3 Å². The molecule has 8 nitrogen and oxygen atoms in total. The minimum atomic E-state index is -1.11. The van der Waals surface area contributed by atoms with Crippen molar-refractivity contribution in [1.29, 1.82) is 0 Å². The number of ether oxygens (including phenoxy) is 1. The largest absolute Gasteiger partial charge is 0.453 e. The molecule has 1 saturated heterocycles. The number of anilines is 1. The summed E-state index contributed by atoms with van der Waals surface area (Å²) in [7, 11) is 0. The van der Waals surface area contributed by atoms with Crippen molar-refractivity contribution >= 4 is 41.1 Å². The van der Waals surface area contributed by atoms with Crippen molar-refractivity contribution in [1.82, 2.24) is 10.2 Å². The van der Waals surface area contributed by atoms with Crippen LogP contribution in [0.2, 0.25) is 5.02 Å². The highest BCUT2D eigenvalue weighted by Crippen LogP contribution is 2.22. The molecule has 0 radical (unpaired) electrons. The van der Waals surface area contributed by atoms with E-state index in [1.165, 1.54) is 13.0 Å². The normalized spacial score (nSPS) is 16.5. The van der Waals surface area contributed by atoms with E-state index >= 15 is 0 Å². The number of halogens is 2. The molecule has 2 rings (SSSR count). The highest BCUT2D eigenvalue weighted by atomic mass is 35.5. The Labute approximate surface area is 166 Å². The van der Waals surface area contributed by atoms with Crippen molar-refractivity contribution in [3.8, 4) is 0 Å². The van der Waals surface area contributed by atoms with Gasteiger partial charge in [0, 0.05) is 13.0 Å². The number of nitrogens with zero attached hydrogens (tertiary/aromatic N) is 1. The average Bonchev–Trinajstić information content (AvgIpc) is 2.78. The van der Waals surface area contributed by atoms with Crippen LogP contribution >= 0.6 is 11.6 Å². The Kier molecular flexibility index (Phi) is 6.60. The van der Waals surface area contributed by atoms with Gasteiger partial charge >= 0.3 is 12.0 Å². The zero-order chi connectivity index (χ0) is 21.1. The number of rotatable bonds is 7. The van der Waals surface area contributed by atoms with Crippen LogP contribution in [0, 0.1) is 5.82 Å². The molecule has 0 spiro atoms. The van der Waals surface area contributed by atoms with Crippen molar-refractivity contribution in [2.24, 2.45) is 0 Å². The Bertz CT molecular complexity index is 814. The second-order valence-corrected chi connectivity index (χ2v) is 7.27. The van der Waals surface area contributed by atoms with Crippen LogP contribution in [-0.2, 0) is 19.1 Å². The van der Waals surface area contributed by atoms with E-state index in [-0.39, 0.29) is 36.0 Å². The number of amides is 4. The van der Waals surface area contributed by atoms with Gasteiger partial charge in [0.25, 0.3) is 11.8 Å². The van der Waals surface area contributed by atoms with Crippen LogP contribution in [-0.4, -0.2) is 46.9 Å². The molecule has 10 heteroatoms. The van der Waals surface area contributed by atoms with Gasteiger partial charge in [-0.25, -0.2) is 9.18 Å². The fourth-order valence-corrected chi connectivity index (χ4v) is 2.75. The topological polar surface area (TPSA) is 105 Å². The number of hydrogen-bond acceptors (Lipinski definition) is 5. The maximum absolute atomic E-state index is 13.0. The van der Waals surface area contributed by atoms with Crippen LogP contribution in [0.15, 0.2) is 18.2 Å². The maximum atomic E-state index is 13.0. The summed E-state index contributed by atoms with van der Waals surface area (Å²) in [6, 6.07) is 2.97. The van der Waals surface area contributed by atoms with Gasteiger partial charge in [-0.1, -0.05) is 11.6 Å². The standard InChI is InChI=1S/C18H21ClFN3O5/c1-10(15(25)21-13-7-6-11(20)9-12(13)19)28-14(24)5-4-8-23-16(26)18(2,3)22-17(23)27/h6-7,9-10H,4-5,8H2,1-3H3,(H,21,25)(H,22,27)/t10-/m1/s1. The second-order valence-electron chi connectivity index (χ2n) is 6.86. The molecular formula is C18H21ClFN3O5. The number of esters is 1. The summed E-state index contributed by atoms with van der Waals surface area (Å²) < 4.78 is 18.1. The van der Waals surface area contributed by atoms with Crippen LogP contribution in [0.5, 0.6) is 0 Å². The molecule has 1 atom stereocenters. The van der Waals surface area contributed by atoms with Crippen molar-refractivity contribution in [2.75, 3.05) is 11.9 Å². The predicted octanol–water partition coefficient (Wildman–Crippen LogP) is 2.46. The highest BCUT2D eigenvalue weighted by Gasteiger charge is 2.43. The summed E-state index contributed by atoms with van der Waals surface area (Å²) >= 11 is 5.83. The Morgan fingerprint density at radius 2 is 2.04 bits per heavy atom. The quantitative estimate of drug-likeness (QED) is 0.527. The molecule has 0 bridgehead atoms. The van der Waals surface area contributed by atoms with Crippen LogP contribution in [0.4, 0.5) is 14.9 Å². The fourth-order valence-electron chi connectivity index (χ4n) is 2.54. The van der Waals surface area contributed by atoms with E-state index in [1.54, 1.807) is 13.8 Å². The smallest absolute Gasteiger partial charge is 0.325 e. The number of carbonyl (C=O) groups is 4. The third-order valence-electron chi connectivity index (χ3n) is 4.07. The minimum absolute atomic E-state index is 0.0170. The third-order valence-corrected chi connectivity index (χ3v) is 4.39. The van der Waals surface area contributed by atoms with E-state index in [1.807, 2.05) is 0 Å². The summed E-state index contributed by atoms with van der Waals surface area (Å²) in [4.78, 5) is 48.8. The third kappa shape index (κ3) is 5.19. The molecule has 1 aromatic rings. The lowest BCUT2D eigenvalue weighted by atomic mass is 10.1. The molecule has 1 heterocycles. The molecule has 28 heavy (non-hydrogen) atoms. The molecule has 4 amide bonds. The van der Waals surface area contributed by atoms with Crippen molar-refractivity contribution < 1.29 is 28.3 Å². The van der Waals surface area contributed by atoms with E-state index in [0.717, 1.165) is 17.0 Å². The van der Waals surface area contributed by atoms with E-state index in [9.17, 15) is 23.6 Å². The number of urea groups is 1. The first-order valence-corrected chi connectivity index (χ1v) is 8.98. The minimum Gasteiger partial charge on any atom is -0.453 e. The monoisotopic (exact) mass is 413 g/mol. The van der Waals surface area contributed by atoms with Crippen LogP contribution in [0.25, 0.3) is 0 Å². The number of benzene rings is 1. The van der Waals surface area contributed by atoms with Crippen molar-refractivity contribution in [2.45, 2.75) is 45.3 Å². The summed E-state index contributed by atoms with van der Waals surface area (Å²) in [5.41, 5.74) is -0.775. The molecule has 1 aliphatic heterocycles. The first kappa shape index (κ1) is 21.6. The molecule has 1 aliphatic rings. The van der Waals surface area contributed by atoms with Gasteiger partial charge in [0.1, 0.15) is 11.4 Å². The van der Waals surface area contributed by atoms with Gasteiger partial charge in [0.05, 0.1) is 10.7 Å². The molecule has 0 aliphatic carbocycles. The number of hydrogen-bond donors (Lipinski definition) is 2. The van der Waals surface area contributed by atoms with E-state index < -0.39 is 35.4 Å².